The molecule has 0 aliphatic rings. The molecule has 0 unspecified atom stereocenters. The van der Waals surface area contributed by atoms with Crippen LogP contribution >= 0.6 is 0 Å². The molecular formula is C17H22FN3O2. The highest BCUT2D eigenvalue weighted by atomic mass is 19.1. The first-order valence-corrected chi connectivity index (χ1v) is 7.71. The highest BCUT2D eigenvalue weighted by molar-refractivity contribution is 5.92. The molecule has 124 valence electrons. The molecule has 1 aromatic heterocycles. The predicted molar refractivity (Wildman–Crippen MR) is 86.1 cm³/mol. The molecule has 2 aromatic rings. The summed E-state index contributed by atoms with van der Waals surface area (Å²) in [7, 11) is 0. The van der Waals surface area contributed by atoms with Crippen molar-refractivity contribution in [3.8, 4) is 5.69 Å². The SMILES string of the molecule is CCC(O)(CC)CNC(=O)c1cc(C)n(-c2ccc(F)cc2)n1. The lowest BCUT2D eigenvalue weighted by Crippen LogP contribution is -2.42. The second-order valence-corrected chi connectivity index (χ2v) is 5.67. The van der Waals surface area contributed by atoms with Gasteiger partial charge in [-0.05, 0) is 50.1 Å². The Balaban J connectivity index is 2.14. The molecule has 1 aromatic carbocycles. The summed E-state index contributed by atoms with van der Waals surface area (Å²) in [5, 5.41) is 17.2. The van der Waals surface area contributed by atoms with Gasteiger partial charge in [0.05, 0.1) is 11.3 Å². The van der Waals surface area contributed by atoms with Gasteiger partial charge in [0.1, 0.15) is 5.82 Å². The van der Waals surface area contributed by atoms with Crippen LogP contribution in [0.5, 0.6) is 0 Å². The van der Waals surface area contributed by atoms with E-state index in [1.54, 1.807) is 22.9 Å². The van der Waals surface area contributed by atoms with Crippen LogP contribution in [0.4, 0.5) is 4.39 Å². The first-order chi connectivity index (χ1) is 10.9. The van der Waals surface area contributed by atoms with Gasteiger partial charge >= 0.3 is 0 Å². The number of carbonyl (C=O) groups is 1. The number of nitrogens with one attached hydrogen (secondary N) is 1. The third-order valence-corrected chi connectivity index (χ3v) is 4.09. The molecule has 23 heavy (non-hydrogen) atoms. The Labute approximate surface area is 135 Å². The van der Waals surface area contributed by atoms with Crippen LogP contribution in [-0.2, 0) is 0 Å². The van der Waals surface area contributed by atoms with E-state index in [2.05, 4.69) is 10.4 Å². The Hall–Kier alpha value is -2.21. The average Bonchev–Trinajstić information content (AvgIpc) is 2.95. The van der Waals surface area contributed by atoms with Crippen molar-refractivity contribution in [2.45, 2.75) is 39.2 Å². The predicted octanol–water partition coefficient (Wildman–Crippen LogP) is 2.60. The summed E-state index contributed by atoms with van der Waals surface area (Å²) >= 11 is 0. The maximum absolute atomic E-state index is 13.0. The fraction of sp³-hybridized carbons (Fsp3) is 0.412. The van der Waals surface area contributed by atoms with Gasteiger partial charge in [0.2, 0.25) is 0 Å². The largest absolute Gasteiger partial charge is 0.388 e. The summed E-state index contributed by atoms with van der Waals surface area (Å²) in [6.07, 6.45) is 1.12. The van der Waals surface area contributed by atoms with E-state index in [0.29, 0.717) is 18.5 Å². The molecule has 0 bridgehead atoms. The molecule has 1 heterocycles. The molecule has 0 radical (unpaired) electrons. The molecule has 6 heteroatoms. The van der Waals surface area contributed by atoms with Gasteiger partial charge in [-0.1, -0.05) is 13.8 Å². The van der Waals surface area contributed by atoms with Gasteiger partial charge in [0, 0.05) is 12.2 Å². The van der Waals surface area contributed by atoms with Crippen molar-refractivity contribution in [1.82, 2.24) is 15.1 Å². The van der Waals surface area contributed by atoms with Crippen molar-refractivity contribution in [2.24, 2.45) is 0 Å². The summed E-state index contributed by atoms with van der Waals surface area (Å²) in [4.78, 5) is 12.2. The molecule has 0 spiro atoms. The lowest BCUT2D eigenvalue weighted by Gasteiger charge is -2.25. The van der Waals surface area contributed by atoms with Crippen LogP contribution < -0.4 is 5.32 Å². The summed E-state index contributed by atoms with van der Waals surface area (Å²) in [5.41, 5.74) is 0.815. The van der Waals surface area contributed by atoms with E-state index in [1.165, 1.54) is 12.1 Å². The second kappa shape index (κ2) is 6.91. The van der Waals surface area contributed by atoms with Crippen LogP contribution in [0.15, 0.2) is 30.3 Å². The zero-order valence-corrected chi connectivity index (χ0v) is 13.6. The van der Waals surface area contributed by atoms with E-state index in [-0.39, 0.29) is 24.0 Å². The number of carbonyl (C=O) groups excluding carboxylic acids is 1. The van der Waals surface area contributed by atoms with Crippen molar-refractivity contribution in [3.63, 3.8) is 0 Å². The fourth-order valence-electron chi connectivity index (χ4n) is 2.26. The summed E-state index contributed by atoms with van der Waals surface area (Å²) in [5.74, 6) is -0.663. The number of rotatable bonds is 6. The molecule has 5 nitrogen and oxygen atoms in total. The monoisotopic (exact) mass is 319 g/mol. The van der Waals surface area contributed by atoms with Crippen LogP contribution in [0.2, 0.25) is 0 Å². The van der Waals surface area contributed by atoms with E-state index in [1.807, 2.05) is 20.8 Å². The van der Waals surface area contributed by atoms with Crippen LogP contribution in [0, 0.1) is 12.7 Å². The number of aromatic nitrogens is 2. The van der Waals surface area contributed by atoms with Gasteiger partial charge in [0.25, 0.3) is 5.91 Å². The standard InChI is InChI=1S/C17H22FN3O2/c1-4-17(23,5-2)11-19-16(22)15-10-12(3)21(20-15)14-8-6-13(18)7-9-14/h6-10,23H,4-5,11H2,1-3H3,(H,19,22). The van der Waals surface area contributed by atoms with Gasteiger partial charge < -0.3 is 10.4 Å². The summed E-state index contributed by atoms with van der Waals surface area (Å²) in [6, 6.07) is 7.56. The van der Waals surface area contributed by atoms with Crippen molar-refractivity contribution in [2.75, 3.05) is 6.54 Å². The van der Waals surface area contributed by atoms with E-state index < -0.39 is 5.60 Å². The van der Waals surface area contributed by atoms with Crippen LogP contribution in [0.1, 0.15) is 42.9 Å². The zero-order chi connectivity index (χ0) is 17.0. The van der Waals surface area contributed by atoms with Gasteiger partial charge in [-0.3, -0.25) is 4.79 Å². The number of nitrogens with zero attached hydrogens (tertiary/aromatic N) is 2. The normalized spacial score (nSPS) is 11.5. The van der Waals surface area contributed by atoms with Crippen LogP contribution in [-0.4, -0.2) is 32.9 Å². The third-order valence-electron chi connectivity index (χ3n) is 4.09. The van der Waals surface area contributed by atoms with Crippen LogP contribution in [0.3, 0.4) is 0 Å². The molecule has 0 aliphatic heterocycles. The summed E-state index contributed by atoms with van der Waals surface area (Å²) in [6.45, 7) is 5.76. The Morgan fingerprint density at radius 2 is 1.91 bits per heavy atom. The maximum atomic E-state index is 13.0. The molecule has 0 atom stereocenters. The Morgan fingerprint density at radius 3 is 2.48 bits per heavy atom. The molecule has 1 amide bonds. The second-order valence-electron chi connectivity index (χ2n) is 5.67. The molecule has 0 saturated heterocycles. The molecule has 2 N–H and O–H groups in total. The first-order valence-electron chi connectivity index (χ1n) is 7.71. The first kappa shape index (κ1) is 17.1. The Kier molecular flexibility index (Phi) is 5.15. The van der Waals surface area contributed by atoms with Gasteiger partial charge in [-0.15, -0.1) is 0 Å². The molecule has 0 fully saturated rings. The maximum Gasteiger partial charge on any atom is 0.271 e. The molecule has 2 rings (SSSR count). The van der Waals surface area contributed by atoms with E-state index in [0.717, 1.165) is 5.69 Å². The van der Waals surface area contributed by atoms with E-state index in [9.17, 15) is 14.3 Å². The van der Waals surface area contributed by atoms with Gasteiger partial charge in [0.15, 0.2) is 5.69 Å². The average molecular weight is 319 g/mol. The summed E-state index contributed by atoms with van der Waals surface area (Å²) < 4.78 is 14.6. The lowest BCUT2D eigenvalue weighted by atomic mass is 9.97. The number of benzene rings is 1. The smallest absolute Gasteiger partial charge is 0.271 e. The lowest BCUT2D eigenvalue weighted by molar-refractivity contribution is 0.0313. The minimum absolute atomic E-state index is 0.182. The number of halogens is 1. The number of hydrogen-bond donors (Lipinski definition) is 2. The number of aliphatic hydroxyl groups is 1. The third kappa shape index (κ3) is 3.96. The van der Waals surface area contributed by atoms with Crippen LogP contribution in [0.25, 0.3) is 5.69 Å². The molecule has 0 saturated carbocycles. The van der Waals surface area contributed by atoms with E-state index >= 15 is 0 Å². The van der Waals surface area contributed by atoms with E-state index in [4.69, 9.17) is 0 Å². The topological polar surface area (TPSA) is 67.2 Å². The Bertz CT molecular complexity index is 676. The van der Waals surface area contributed by atoms with Crippen molar-refractivity contribution < 1.29 is 14.3 Å². The van der Waals surface area contributed by atoms with Crippen molar-refractivity contribution in [3.05, 3.63) is 47.5 Å². The fourth-order valence-corrected chi connectivity index (χ4v) is 2.26. The number of aryl methyl sites for hydroxylation is 1. The Morgan fingerprint density at radius 1 is 1.30 bits per heavy atom. The van der Waals surface area contributed by atoms with Gasteiger partial charge in [-0.25, -0.2) is 9.07 Å². The molecular weight excluding hydrogens is 297 g/mol. The highest BCUT2D eigenvalue weighted by Gasteiger charge is 2.24. The quantitative estimate of drug-likeness (QED) is 0.860. The van der Waals surface area contributed by atoms with Crippen molar-refractivity contribution in [1.29, 1.82) is 0 Å². The minimum atomic E-state index is -0.899. The molecule has 0 aliphatic carbocycles. The number of hydrogen-bond acceptors (Lipinski definition) is 3. The minimum Gasteiger partial charge on any atom is -0.388 e. The van der Waals surface area contributed by atoms with Gasteiger partial charge in [-0.2, -0.15) is 5.10 Å². The zero-order valence-electron chi connectivity index (χ0n) is 13.6. The highest BCUT2D eigenvalue weighted by Crippen LogP contribution is 2.15. The number of amides is 1. The van der Waals surface area contributed by atoms with Crippen molar-refractivity contribution >= 4 is 5.91 Å².